The SMILES string of the molecule is COc1c(Nc2nccc(C#N)n2)cc(C(=O)Nc2nnc(-c3c(Cl)ccn3C)s2)oc1=O. The van der Waals surface area contributed by atoms with E-state index in [0.29, 0.717) is 15.7 Å². The molecule has 4 aromatic rings. The Labute approximate surface area is 194 Å². The number of carbonyl (C=O) groups is 1. The highest BCUT2D eigenvalue weighted by molar-refractivity contribution is 7.18. The molecule has 0 unspecified atom stereocenters. The first-order chi connectivity index (χ1) is 15.9. The maximum absolute atomic E-state index is 12.7. The molecular formula is C19H13ClN8O4S. The van der Waals surface area contributed by atoms with Gasteiger partial charge in [-0.3, -0.25) is 10.1 Å². The van der Waals surface area contributed by atoms with E-state index in [0.717, 1.165) is 11.3 Å². The van der Waals surface area contributed by atoms with Crippen LogP contribution in [0.1, 0.15) is 16.2 Å². The molecule has 0 bridgehead atoms. The zero-order valence-electron chi connectivity index (χ0n) is 17.0. The Kier molecular flexibility index (Phi) is 6.03. The third kappa shape index (κ3) is 4.52. The van der Waals surface area contributed by atoms with Crippen LogP contribution in [0.15, 0.2) is 39.8 Å². The minimum absolute atomic E-state index is 0.0255. The number of hydrogen-bond donors (Lipinski definition) is 2. The van der Waals surface area contributed by atoms with Gasteiger partial charge in [-0.1, -0.05) is 22.9 Å². The fourth-order valence-corrected chi connectivity index (χ4v) is 3.94. The van der Waals surface area contributed by atoms with Crippen molar-refractivity contribution in [3.05, 3.63) is 57.5 Å². The van der Waals surface area contributed by atoms with Crippen LogP contribution in [0, 0.1) is 11.3 Å². The molecule has 4 aromatic heterocycles. The molecule has 0 saturated heterocycles. The van der Waals surface area contributed by atoms with Crippen molar-refractivity contribution < 1.29 is 13.9 Å². The monoisotopic (exact) mass is 484 g/mol. The number of carbonyl (C=O) groups excluding carboxylic acids is 1. The molecule has 4 heterocycles. The average Bonchev–Trinajstić information content (AvgIpc) is 3.38. The summed E-state index contributed by atoms with van der Waals surface area (Å²) in [6.07, 6.45) is 3.14. The van der Waals surface area contributed by atoms with Crippen LogP contribution >= 0.6 is 22.9 Å². The molecule has 0 atom stereocenters. The predicted octanol–water partition coefficient (Wildman–Crippen LogP) is 2.82. The summed E-state index contributed by atoms with van der Waals surface area (Å²) in [6.45, 7) is 0. The smallest absolute Gasteiger partial charge is 0.381 e. The molecule has 4 rings (SSSR count). The van der Waals surface area contributed by atoms with Crippen LogP contribution in [0.25, 0.3) is 10.7 Å². The van der Waals surface area contributed by atoms with E-state index >= 15 is 0 Å². The maximum atomic E-state index is 12.7. The molecule has 0 radical (unpaired) electrons. The maximum Gasteiger partial charge on any atom is 0.381 e. The topological polar surface area (TPSA) is 161 Å². The van der Waals surface area contributed by atoms with Gasteiger partial charge < -0.3 is 19.0 Å². The van der Waals surface area contributed by atoms with Crippen LogP contribution in [0.3, 0.4) is 0 Å². The molecule has 2 N–H and O–H groups in total. The van der Waals surface area contributed by atoms with Crippen molar-refractivity contribution in [1.82, 2.24) is 24.7 Å². The number of nitrogens with zero attached hydrogens (tertiary/aromatic N) is 6. The van der Waals surface area contributed by atoms with Gasteiger partial charge in [-0.05, 0) is 12.1 Å². The van der Waals surface area contributed by atoms with E-state index < -0.39 is 11.5 Å². The first-order valence-corrected chi connectivity index (χ1v) is 10.3. The summed E-state index contributed by atoms with van der Waals surface area (Å²) in [6, 6.07) is 6.26. The summed E-state index contributed by atoms with van der Waals surface area (Å²) in [7, 11) is 3.07. The molecule has 0 aliphatic rings. The second-order valence-corrected chi connectivity index (χ2v) is 7.72. The Bertz CT molecular complexity index is 1440. The van der Waals surface area contributed by atoms with E-state index in [2.05, 4.69) is 30.8 Å². The molecule has 0 aromatic carbocycles. The van der Waals surface area contributed by atoms with Crippen molar-refractivity contribution in [2.75, 3.05) is 17.7 Å². The Morgan fingerprint density at radius 3 is 2.88 bits per heavy atom. The molecule has 0 saturated carbocycles. The van der Waals surface area contributed by atoms with Crippen LogP contribution in [0.4, 0.5) is 16.8 Å². The number of amides is 1. The van der Waals surface area contributed by atoms with E-state index in [1.165, 1.54) is 25.4 Å². The Hall–Kier alpha value is -4.28. The third-order valence-corrected chi connectivity index (χ3v) is 5.37. The fourth-order valence-electron chi connectivity index (χ4n) is 2.76. The second kappa shape index (κ2) is 9.07. The van der Waals surface area contributed by atoms with Crippen molar-refractivity contribution in [2.24, 2.45) is 7.05 Å². The first-order valence-electron chi connectivity index (χ1n) is 9.08. The lowest BCUT2D eigenvalue weighted by Crippen LogP contribution is -2.17. The number of rotatable bonds is 6. The van der Waals surface area contributed by atoms with Gasteiger partial charge in [-0.2, -0.15) is 5.26 Å². The van der Waals surface area contributed by atoms with E-state index in [9.17, 15) is 9.59 Å². The number of anilines is 3. The highest BCUT2D eigenvalue weighted by atomic mass is 35.5. The number of nitriles is 1. The normalized spacial score (nSPS) is 10.5. The van der Waals surface area contributed by atoms with Gasteiger partial charge in [0.05, 0.1) is 23.5 Å². The van der Waals surface area contributed by atoms with Crippen molar-refractivity contribution in [3.63, 3.8) is 0 Å². The quantitative estimate of drug-likeness (QED) is 0.416. The number of aryl methyl sites for hydroxylation is 1. The lowest BCUT2D eigenvalue weighted by molar-refractivity contribution is 0.0991. The molecule has 12 nitrogen and oxygen atoms in total. The zero-order chi connectivity index (χ0) is 23.5. The fraction of sp³-hybridized carbons (Fsp3) is 0.105. The molecule has 0 aliphatic heterocycles. The van der Waals surface area contributed by atoms with Crippen LogP contribution in [0.2, 0.25) is 5.02 Å². The van der Waals surface area contributed by atoms with Crippen molar-refractivity contribution in [1.29, 1.82) is 5.26 Å². The average molecular weight is 485 g/mol. The number of hydrogen-bond acceptors (Lipinski definition) is 11. The standard InChI is InChI=1S/C19H13ClN8O4S/c1-28-6-4-10(20)13(28)16-26-27-19(33-16)25-15(29)12-7-11(14(31-2)17(30)32-12)24-18-22-5-3-9(8-21)23-18/h3-7H,1-2H3,(H,22,23,24)(H,25,27,29). The summed E-state index contributed by atoms with van der Waals surface area (Å²) >= 11 is 7.27. The predicted molar refractivity (Wildman–Crippen MR) is 119 cm³/mol. The Balaban J connectivity index is 1.61. The van der Waals surface area contributed by atoms with Gasteiger partial charge >= 0.3 is 5.63 Å². The third-order valence-electron chi connectivity index (χ3n) is 4.22. The summed E-state index contributed by atoms with van der Waals surface area (Å²) in [5.74, 6) is -1.25. The Morgan fingerprint density at radius 2 is 2.18 bits per heavy atom. The Morgan fingerprint density at radius 1 is 1.36 bits per heavy atom. The van der Waals surface area contributed by atoms with Crippen molar-refractivity contribution in [3.8, 4) is 22.5 Å². The highest BCUT2D eigenvalue weighted by Crippen LogP contribution is 2.32. The molecule has 0 aliphatic carbocycles. The zero-order valence-corrected chi connectivity index (χ0v) is 18.6. The van der Waals surface area contributed by atoms with E-state index in [-0.39, 0.29) is 34.0 Å². The summed E-state index contributed by atoms with van der Waals surface area (Å²) in [4.78, 5) is 33.0. The summed E-state index contributed by atoms with van der Waals surface area (Å²) in [5.41, 5.74) is -0.0744. The van der Waals surface area contributed by atoms with Gasteiger partial charge in [0.25, 0.3) is 5.91 Å². The number of ether oxygens (including phenoxy) is 1. The minimum Gasteiger partial charge on any atom is -0.488 e. The van der Waals surface area contributed by atoms with Crippen molar-refractivity contribution in [2.45, 2.75) is 0 Å². The second-order valence-electron chi connectivity index (χ2n) is 6.34. The summed E-state index contributed by atoms with van der Waals surface area (Å²) < 4.78 is 11.9. The molecule has 14 heteroatoms. The molecule has 0 spiro atoms. The van der Waals surface area contributed by atoms with E-state index in [1.807, 2.05) is 6.07 Å². The van der Waals surface area contributed by atoms with Gasteiger partial charge in [0.2, 0.25) is 16.8 Å². The highest BCUT2D eigenvalue weighted by Gasteiger charge is 2.20. The molecule has 1 amide bonds. The molecule has 0 fully saturated rings. The van der Waals surface area contributed by atoms with Crippen LogP contribution < -0.4 is 21.0 Å². The lowest BCUT2D eigenvalue weighted by Gasteiger charge is -2.10. The molecule has 166 valence electrons. The van der Waals surface area contributed by atoms with Crippen molar-refractivity contribution >= 4 is 45.6 Å². The largest absolute Gasteiger partial charge is 0.488 e. The number of halogens is 1. The first kappa shape index (κ1) is 21.9. The summed E-state index contributed by atoms with van der Waals surface area (Å²) in [5, 5.41) is 23.4. The van der Waals surface area contributed by atoms with Crippen LogP contribution in [-0.2, 0) is 7.05 Å². The number of nitrogens with one attached hydrogen (secondary N) is 2. The van der Waals surface area contributed by atoms with Gasteiger partial charge in [-0.15, -0.1) is 10.2 Å². The lowest BCUT2D eigenvalue weighted by atomic mass is 10.3. The van der Waals surface area contributed by atoms with Gasteiger partial charge in [0.1, 0.15) is 11.8 Å². The van der Waals surface area contributed by atoms with Gasteiger partial charge in [0.15, 0.2) is 10.8 Å². The molecular weight excluding hydrogens is 472 g/mol. The molecule has 33 heavy (non-hydrogen) atoms. The number of methoxy groups -OCH3 is 1. The van der Waals surface area contributed by atoms with Crippen LogP contribution in [-0.4, -0.2) is 37.7 Å². The van der Waals surface area contributed by atoms with E-state index in [4.69, 9.17) is 26.0 Å². The van der Waals surface area contributed by atoms with Crippen LogP contribution in [0.5, 0.6) is 5.75 Å². The van der Waals surface area contributed by atoms with Gasteiger partial charge in [0, 0.05) is 25.5 Å². The van der Waals surface area contributed by atoms with Gasteiger partial charge in [-0.25, -0.2) is 14.8 Å². The number of aromatic nitrogens is 5. The minimum atomic E-state index is -0.905. The van der Waals surface area contributed by atoms with E-state index in [1.54, 1.807) is 23.9 Å².